The summed E-state index contributed by atoms with van der Waals surface area (Å²) in [5.74, 6) is 2.13. The molecule has 0 spiro atoms. The molecule has 1 N–H and O–H groups in total. The smallest absolute Gasteiger partial charge is 0.347 e. The van der Waals surface area contributed by atoms with Crippen LogP contribution >= 0.6 is 0 Å². The molecule has 88 heavy (non-hydrogen) atoms. The van der Waals surface area contributed by atoms with E-state index >= 15 is 0 Å². The number of hydrogen-bond acceptors (Lipinski definition) is 9. The van der Waals surface area contributed by atoms with Crippen LogP contribution in [-0.2, 0) is 9.53 Å². The number of nitrogens with zero attached hydrogens (tertiary/aromatic N) is 5. The van der Waals surface area contributed by atoms with Crippen LogP contribution in [0.5, 0.6) is 23.0 Å². The molecule has 0 radical (unpaired) electrons. The SMILES string of the molecule is CN1c2ccc(/C=C/C3=CC(=C(C#N)C(=O)O)C=C(/C=C/c4ccc5c(c4)Oc4cc(/C=C/c6ccc(N(c7ccccc7)c7ccccc7)cc6)ccc4N5C)O3)cc2Oc2cc(/C=C/c3ccc(N(c4ccccc4)c4ccccc4)cc3)ccc21. The Kier molecular flexibility index (Phi) is 15.4. The molecule has 10 nitrogen and oxygen atoms in total. The fraction of sp³-hybridized carbons (Fsp3) is 0.0256. The second kappa shape index (κ2) is 24.6. The molecule has 0 aromatic heterocycles. The Morgan fingerprint density at radius 1 is 0.375 bits per heavy atom. The molecular weight excluding hydrogens is 1090 g/mol. The van der Waals surface area contributed by atoms with Crippen molar-refractivity contribution in [1.29, 1.82) is 5.26 Å². The third-order valence-electron chi connectivity index (χ3n) is 15.4. The van der Waals surface area contributed by atoms with Crippen LogP contribution in [0.2, 0.25) is 0 Å². The summed E-state index contributed by atoms with van der Waals surface area (Å²) in [6.45, 7) is 0. The van der Waals surface area contributed by atoms with Crippen LogP contribution in [0.4, 0.5) is 56.9 Å². The van der Waals surface area contributed by atoms with Crippen molar-refractivity contribution in [2.75, 3.05) is 33.7 Å². The second-order valence-corrected chi connectivity index (χ2v) is 21.2. The maximum Gasteiger partial charge on any atom is 0.347 e. The molecule has 0 aliphatic carbocycles. The van der Waals surface area contributed by atoms with E-state index in [0.717, 1.165) is 102 Å². The maximum absolute atomic E-state index is 12.3. The molecule has 10 aromatic rings. The minimum Gasteiger partial charge on any atom is -0.477 e. The average Bonchev–Trinajstić information content (AvgIpc) is 3.75. The maximum atomic E-state index is 12.3. The van der Waals surface area contributed by atoms with Gasteiger partial charge in [0.1, 0.15) is 23.2 Å². The van der Waals surface area contributed by atoms with Crippen molar-refractivity contribution in [2.24, 2.45) is 0 Å². The summed E-state index contributed by atoms with van der Waals surface area (Å²) in [7, 11) is 4.03. The van der Waals surface area contributed by atoms with Gasteiger partial charge in [-0.05, 0) is 179 Å². The highest BCUT2D eigenvalue weighted by Gasteiger charge is 2.25. The number of carbonyl (C=O) groups is 1. The normalized spacial score (nSPS) is 13.1. The fourth-order valence-corrected chi connectivity index (χ4v) is 11.0. The van der Waals surface area contributed by atoms with Crippen LogP contribution in [0.1, 0.15) is 33.4 Å². The van der Waals surface area contributed by atoms with Gasteiger partial charge >= 0.3 is 5.97 Å². The number of hydrogen-bond donors (Lipinski definition) is 1. The predicted molar refractivity (Wildman–Crippen MR) is 358 cm³/mol. The third-order valence-corrected chi connectivity index (χ3v) is 15.4. The first-order valence-electron chi connectivity index (χ1n) is 28.8. The number of rotatable bonds is 15. The summed E-state index contributed by atoms with van der Waals surface area (Å²) in [5.41, 5.74) is 15.7. The Morgan fingerprint density at radius 2 is 0.648 bits per heavy atom. The number of ether oxygens (including phenoxy) is 3. The van der Waals surface area contributed by atoms with Gasteiger partial charge in [0.25, 0.3) is 0 Å². The summed E-state index contributed by atoms with van der Waals surface area (Å²) in [5, 5.41) is 20.0. The second-order valence-electron chi connectivity index (χ2n) is 21.2. The molecule has 0 unspecified atom stereocenters. The van der Waals surface area contributed by atoms with Crippen LogP contribution in [0.3, 0.4) is 0 Å². The number of carboxylic acid groups (broad SMARTS) is 1. The van der Waals surface area contributed by atoms with Crippen molar-refractivity contribution >= 4 is 99.3 Å². The minimum atomic E-state index is -1.34. The average molecular weight is 1140 g/mol. The zero-order chi connectivity index (χ0) is 59.9. The molecule has 3 aliphatic rings. The molecular formula is C78H57N5O5. The number of carboxylic acids is 1. The summed E-state index contributed by atoms with van der Waals surface area (Å²) in [6.07, 6.45) is 18.7. The molecule has 0 saturated heterocycles. The molecule has 0 fully saturated rings. The molecule has 3 aliphatic heterocycles. The van der Waals surface area contributed by atoms with E-state index < -0.39 is 11.5 Å². The third kappa shape index (κ3) is 11.9. The van der Waals surface area contributed by atoms with Gasteiger partial charge in [0.2, 0.25) is 0 Å². The number of allylic oxidation sites excluding steroid dienone is 5. The summed E-state index contributed by atoms with van der Waals surface area (Å²) in [6, 6.07) is 84.6. The monoisotopic (exact) mass is 1140 g/mol. The van der Waals surface area contributed by atoms with Gasteiger partial charge in [0.15, 0.2) is 23.0 Å². The van der Waals surface area contributed by atoms with E-state index in [4.69, 9.17) is 14.2 Å². The minimum absolute atomic E-state index is 0.207. The van der Waals surface area contributed by atoms with Gasteiger partial charge in [0, 0.05) is 53.8 Å². The number of benzene rings is 10. The Balaban J connectivity index is 0.680. The van der Waals surface area contributed by atoms with Crippen LogP contribution < -0.4 is 29.1 Å². The van der Waals surface area contributed by atoms with Crippen molar-refractivity contribution in [3.05, 3.63) is 323 Å². The lowest BCUT2D eigenvalue weighted by Crippen LogP contribution is -2.15. The van der Waals surface area contributed by atoms with Crippen LogP contribution in [-0.4, -0.2) is 25.2 Å². The number of nitriles is 1. The number of aliphatic carboxylic acids is 1. The van der Waals surface area contributed by atoms with Gasteiger partial charge < -0.3 is 38.9 Å². The van der Waals surface area contributed by atoms with Gasteiger partial charge in [-0.3, -0.25) is 0 Å². The zero-order valence-electron chi connectivity index (χ0n) is 48.2. The predicted octanol–water partition coefficient (Wildman–Crippen LogP) is 20.1. The first kappa shape index (κ1) is 55.1. The van der Waals surface area contributed by atoms with E-state index in [0.29, 0.717) is 23.0 Å². The van der Waals surface area contributed by atoms with Crippen LogP contribution in [0.15, 0.2) is 290 Å². The van der Waals surface area contributed by atoms with Crippen LogP contribution in [0, 0.1) is 11.3 Å². The molecule has 0 bridgehead atoms. The highest BCUT2D eigenvalue weighted by molar-refractivity contribution is 5.94. The number of para-hydroxylation sites is 4. The van der Waals surface area contributed by atoms with E-state index in [9.17, 15) is 15.2 Å². The van der Waals surface area contributed by atoms with Crippen molar-refractivity contribution in [2.45, 2.75) is 0 Å². The van der Waals surface area contributed by atoms with E-state index in [1.807, 2.05) is 105 Å². The molecule has 13 rings (SSSR count). The lowest BCUT2D eigenvalue weighted by molar-refractivity contribution is -0.132. The van der Waals surface area contributed by atoms with Gasteiger partial charge in [-0.25, -0.2) is 4.79 Å². The van der Waals surface area contributed by atoms with Gasteiger partial charge in [-0.1, -0.05) is 158 Å². The molecule has 0 amide bonds. The zero-order valence-corrected chi connectivity index (χ0v) is 48.2. The molecule has 3 heterocycles. The lowest BCUT2D eigenvalue weighted by atomic mass is 10.0. The highest BCUT2D eigenvalue weighted by atomic mass is 16.5. The van der Waals surface area contributed by atoms with E-state index in [-0.39, 0.29) is 5.57 Å². The Bertz CT molecular complexity index is 4180. The standard InChI is InChI=1S/C78H57N5O5/c1-80-70-43-33-56(25-23-54-27-37-65(38-28-54)82(61-15-7-3-8-16-61)62-17-9-4-10-18-62)47-74(70)87-76-49-58(35-45-72(76)80)31-41-67-51-60(69(53-79)78(84)85)52-68(86-67)42-32-59-36-46-73-77(50-59)88-75-48-57(34-44-71(75)81(73)2)26-24-55-29-39-66(40-30-55)83(63-19-11-5-12-20-63)64-21-13-6-14-22-64/h3-52H,1-2H3,(H,84,85)/b25-23+,26-24+,41-31+,42-32+. The molecule has 424 valence electrons. The fourth-order valence-electron chi connectivity index (χ4n) is 11.0. The molecule has 0 saturated carbocycles. The Morgan fingerprint density at radius 3 is 0.943 bits per heavy atom. The van der Waals surface area contributed by atoms with Gasteiger partial charge in [0.05, 0.1) is 22.7 Å². The number of anilines is 10. The Hall–Kier alpha value is -12.1. The number of fused-ring (bicyclic) bond motifs is 4. The summed E-state index contributed by atoms with van der Waals surface area (Å²) in [4.78, 5) is 21.0. The highest BCUT2D eigenvalue weighted by Crippen LogP contribution is 2.49. The topological polar surface area (TPSA) is 102 Å². The molecule has 10 heteroatoms. The lowest BCUT2D eigenvalue weighted by Gasteiger charge is -2.30. The Labute approximate surface area is 511 Å². The van der Waals surface area contributed by atoms with Crippen molar-refractivity contribution in [1.82, 2.24) is 0 Å². The summed E-state index contributed by atoms with van der Waals surface area (Å²) < 4.78 is 19.5. The van der Waals surface area contributed by atoms with Crippen molar-refractivity contribution in [3.63, 3.8) is 0 Å². The quantitative estimate of drug-likeness (QED) is 0.0607. The molecule has 0 atom stereocenters. The summed E-state index contributed by atoms with van der Waals surface area (Å²) >= 11 is 0. The van der Waals surface area contributed by atoms with Crippen LogP contribution in [0.25, 0.3) is 36.5 Å². The van der Waals surface area contributed by atoms with E-state index in [1.165, 1.54) is 0 Å². The van der Waals surface area contributed by atoms with E-state index in [1.54, 1.807) is 24.3 Å². The molecule has 10 aromatic carbocycles. The van der Waals surface area contributed by atoms with Crippen molar-refractivity contribution in [3.8, 4) is 29.1 Å². The van der Waals surface area contributed by atoms with E-state index in [2.05, 4.69) is 214 Å². The van der Waals surface area contributed by atoms with Crippen molar-refractivity contribution < 1.29 is 24.1 Å². The first-order chi connectivity index (χ1) is 43.2. The van der Waals surface area contributed by atoms with Gasteiger partial charge in [-0.15, -0.1) is 0 Å². The largest absolute Gasteiger partial charge is 0.477 e. The first-order valence-corrected chi connectivity index (χ1v) is 28.8. The van der Waals surface area contributed by atoms with Gasteiger partial charge in [-0.2, -0.15) is 5.26 Å².